The summed E-state index contributed by atoms with van der Waals surface area (Å²) in [5.74, 6) is -0.0804. The van der Waals surface area contributed by atoms with Crippen molar-refractivity contribution in [2.45, 2.75) is 34.2 Å². The fourth-order valence-corrected chi connectivity index (χ4v) is 5.89. The van der Waals surface area contributed by atoms with Gasteiger partial charge in [0.25, 0.3) is 11.5 Å². The molecule has 0 saturated carbocycles. The predicted molar refractivity (Wildman–Crippen MR) is 160 cm³/mol. The number of hydrogen-bond donors (Lipinski definition) is 1. The number of amides is 2. The standard InChI is InChI=1S/C28H28Cl2N4O5S/c1-5-32(6-2)26(37)24-16(4)23-25(36)34(18-10-13-20(29)21(30)14-18)28(38)33(27(23)40-24)15-22(35)31-17-8-11-19(12-9-17)39-7-3/h8-14H,5-7,15H2,1-4H3,(H,31,35). The molecule has 0 spiro atoms. The molecule has 2 aromatic carbocycles. The molecule has 0 bridgehead atoms. The zero-order chi connectivity index (χ0) is 29.1. The van der Waals surface area contributed by atoms with E-state index in [0.717, 1.165) is 15.9 Å². The first-order valence-corrected chi connectivity index (χ1v) is 14.2. The van der Waals surface area contributed by atoms with Crippen molar-refractivity contribution in [2.75, 3.05) is 25.0 Å². The lowest BCUT2D eigenvalue weighted by molar-refractivity contribution is -0.116. The van der Waals surface area contributed by atoms with Crippen LogP contribution in [0.15, 0.2) is 52.1 Å². The van der Waals surface area contributed by atoms with Crippen molar-refractivity contribution >= 4 is 62.3 Å². The van der Waals surface area contributed by atoms with Crippen molar-refractivity contribution in [1.82, 2.24) is 14.0 Å². The van der Waals surface area contributed by atoms with Gasteiger partial charge in [-0.2, -0.15) is 0 Å². The van der Waals surface area contributed by atoms with Crippen molar-refractivity contribution in [2.24, 2.45) is 0 Å². The van der Waals surface area contributed by atoms with E-state index in [-0.39, 0.29) is 31.9 Å². The van der Waals surface area contributed by atoms with Crippen LogP contribution in [0.2, 0.25) is 10.0 Å². The van der Waals surface area contributed by atoms with Gasteiger partial charge in [-0.15, -0.1) is 11.3 Å². The molecule has 12 heteroatoms. The lowest BCUT2D eigenvalue weighted by Crippen LogP contribution is -2.40. The van der Waals surface area contributed by atoms with Crippen LogP contribution in [0.4, 0.5) is 5.69 Å². The molecule has 40 heavy (non-hydrogen) atoms. The molecule has 2 aromatic heterocycles. The van der Waals surface area contributed by atoms with Crippen LogP contribution in [0.5, 0.6) is 5.75 Å². The van der Waals surface area contributed by atoms with Gasteiger partial charge in [0.2, 0.25) is 5.91 Å². The van der Waals surface area contributed by atoms with Gasteiger partial charge in [0, 0.05) is 18.8 Å². The van der Waals surface area contributed by atoms with E-state index in [1.165, 1.54) is 22.8 Å². The number of fused-ring (bicyclic) bond motifs is 1. The number of nitrogens with one attached hydrogen (secondary N) is 1. The largest absolute Gasteiger partial charge is 0.494 e. The van der Waals surface area contributed by atoms with Gasteiger partial charge in [-0.3, -0.25) is 19.0 Å². The molecular formula is C28H28Cl2N4O5S. The Balaban J connectivity index is 1.88. The molecule has 0 saturated heterocycles. The Kier molecular flexibility index (Phi) is 9.02. The predicted octanol–water partition coefficient (Wildman–Crippen LogP) is 5.35. The number of hydrogen-bond acceptors (Lipinski definition) is 6. The number of carbonyl (C=O) groups is 2. The van der Waals surface area contributed by atoms with Crippen molar-refractivity contribution in [3.05, 3.63) is 83.8 Å². The average Bonchev–Trinajstić information content (AvgIpc) is 3.27. The SMILES string of the molecule is CCOc1ccc(NC(=O)Cn2c(=O)n(-c3ccc(Cl)c(Cl)c3)c(=O)c3c(C)c(C(=O)N(CC)CC)sc32)cc1. The lowest BCUT2D eigenvalue weighted by atomic mass is 10.2. The number of anilines is 1. The van der Waals surface area contributed by atoms with Gasteiger partial charge < -0.3 is 15.0 Å². The minimum Gasteiger partial charge on any atom is -0.494 e. The van der Waals surface area contributed by atoms with E-state index < -0.39 is 23.7 Å². The molecule has 1 N–H and O–H groups in total. The van der Waals surface area contributed by atoms with Crippen molar-refractivity contribution < 1.29 is 14.3 Å². The second-order valence-electron chi connectivity index (χ2n) is 8.83. The summed E-state index contributed by atoms with van der Waals surface area (Å²) in [6.07, 6.45) is 0. The molecule has 210 valence electrons. The van der Waals surface area contributed by atoms with Crippen molar-refractivity contribution in [3.8, 4) is 11.4 Å². The first-order valence-electron chi connectivity index (χ1n) is 12.7. The highest BCUT2D eigenvalue weighted by atomic mass is 35.5. The molecule has 0 unspecified atom stereocenters. The van der Waals surface area contributed by atoms with Crippen LogP contribution in [0.1, 0.15) is 36.0 Å². The Morgan fingerprint density at radius 3 is 2.27 bits per heavy atom. The highest BCUT2D eigenvalue weighted by Crippen LogP contribution is 2.30. The summed E-state index contributed by atoms with van der Waals surface area (Å²) in [4.78, 5) is 56.2. The van der Waals surface area contributed by atoms with E-state index in [9.17, 15) is 19.2 Å². The summed E-state index contributed by atoms with van der Waals surface area (Å²) in [6, 6.07) is 11.2. The third-order valence-corrected chi connectivity index (χ3v) is 8.41. The molecule has 2 heterocycles. The van der Waals surface area contributed by atoms with E-state index >= 15 is 0 Å². The second-order valence-corrected chi connectivity index (χ2v) is 10.6. The van der Waals surface area contributed by atoms with Crippen LogP contribution < -0.4 is 21.3 Å². The Bertz CT molecular complexity index is 1710. The Morgan fingerprint density at radius 2 is 1.68 bits per heavy atom. The fourth-order valence-electron chi connectivity index (χ4n) is 4.34. The zero-order valence-electron chi connectivity index (χ0n) is 22.4. The Morgan fingerprint density at radius 1 is 1.00 bits per heavy atom. The molecular weight excluding hydrogens is 575 g/mol. The summed E-state index contributed by atoms with van der Waals surface area (Å²) in [5.41, 5.74) is -0.226. The van der Waals surface area contributed by atoms with Gasteiger partial charge in [0.15, 0.2) is 0 Å². The maximum Gasteiger partial charge on any atom is 0.337 e. The monoisotopic (exact) mass is 602 g/mol. The lowest BCUT2D eigenvalue weighted by Gasteiger charge is -2.17. The molecule has 0 aliphatic heterocycles. The third-order valence-electron chi connectivity index (χ3n) is 6.37. The minimum atomic E-state index is -0.749. The van der Waals surface area contributed by atoms with E-state index in [0.29, 0.717) is 41.6 Å². The first kappa shape index (κ1) is 29.4. The maximum absolute atomic E-state index is 13.8. The quantitative estimate of drug-likeness (QED) is 0.278. The molecule has 4 rings (SSSR count). The minimum absolute atomic E-state index is 0.157. The fraction of sp³-hybridized carbons (Fsp3) is 0.286. The van der Waals surface area contributed by atoms with Crippen molar-refractivity contribution in [1.29, 1.82) is 0 Å². The molecule has 0 radical (unpaired) electrons. The van der Waals surface area contributed by atoms with Gasteiger partial charge in [-0.25, -0.2) is 9.36 Å². The van der Waals surface area contributed by atoms with Crippen LogP contribution in [-0.4, -0.2) is 45.5 Å². The summed E-state index contributed by atoms with van der Waals surface area (Å²) in [7, 11) is 0. The zero-order valence-corrected chi connectivity index (χ0v) is 24.7. The Labute approximate surface area is 244 Å². The first-order chi connectivity index (χ1) is 19.1. The highest BCUT2D eigenvalue weighted by molar-refractivity contribution is 7.20. The normalized spacial score (nSPS) is 11.1. The van der Waals surface area contributed by atoms with Crippen LogP contribution in [0, 0.1) is 6.92 Å². The van der Waals surface area contributed by atoms with Crippen LogP contribution in [0.25, 0.3) is 15.9 Å². The summed E-state index contributed by atoms with van der Waals surface area (Å²) >= 11 is 13.3. The van der Waals surface area contributed by atoms with E-state index in [1.54, 1.807) is 36.1 Å². The summed E-state index contributed by atoms with van der Waals surface area (Å²) in [5, 5.41) is 3.37. The average molecular weight is 604 g/mol. The van der Waals surface area contributed by atoms with Gasteiger partial charge in [0.05, 0.1) is 32.6 Å². The third kappa shape index (κ3) is 5.65. The molecule has 0 aliphatic rings. The number of aryl methyl sites for hydroxylation is 1. The number of nitrogens with zero attached hydrogens (tertiary/aromatic N) is 3. The second kappa shape index (κ2) is 12.3. The molecule has 2 amide bonds. The van der Waals surface area contributed by atoms with Gasteiger partial charge in [-0.05, 0) is 75.7 Å². The topological polar surface area (TPSA) is 103 Å². The molecule has 0 aliphatic carbocycles. The highest BCUT2D eigenvalue weighted by Gasteiger charge is 2.26. The van der Waals surface area contributed by atoms with Crippen molar-refractivity contribution in [3.63, 3.8) is 0 Å². The van der Waals surface area contributed by atoms with Gasteiger partial charge >= 0.3 is 5.69 Å². The van der Waals surface area contributed by atoms with Crippen LogP contribution in [-0.2, 0) is 11.3 Å². The summed E-state index contributed by atoms with van der Waals surface area (Å²) < 4.78 is 7.59. The van der Waals surface area contributed by atoms with Gasteiger partial charge in [-0.1, -0.05) is 23.2 Å². The number of ether oxygens (including phenoxy) is 1. The molecule has 0 atom stereocenters. The Hall–Kier alpha value is -3.60. The number of carbonyl (C=O) groups excluding carboxylic acids is 2. The summed E-state index contributed by atoms with van der Waals surface area (Å²) in [6.45, 7) is 8.34. The number of benzene rings is 2. The van der Waals surface area contributed by atoms with Crippen LogP contribution >= 0.6 is 34.5 Å². The molecule has 4 aromatic rings. The van der Waals surface area contributed by atoms with Gasteiger partial charge in [0.1, 0.15) is 17.1 Å². The van der Waals surface area contributed by atoms with E-state index in [2.05, 4.69) is 5.32 Å². The number of halogens is 2. The van der Waals surface area contributed by atoms with Crippen LogP contribution in [0.3, 0.4) is 0 Å². The number of aromatic nitrogens is 2. The number of rotatable bonds is 9. The smallest absolute Gasteiger partial charge is 0.337 e. The molecule has 0 fully saturated rings. The molecule has 9 nitrogen and oxygen atoms in total. The maximum atomic E-state index is 13.8. The van der Waals surface area contributed by atoms with E-state index in [4.69, 9.17) is 27.9 Å². The van der Waals surface area contributed by atoms with E-state index in [1.807, 2.05) is 20.8 Å². The number of thiophene rings is 1.